The molecule has 0 bridgehead atoms. The quantitative estimate of drug-likeness (QED) is 0.489. The Bertz CT molecular complexity index is 480. The highest BCUT2D eigenvalue weighted by atomic mass is 19.3. The highest BCUT2D eigenvalue weighted by Crippen LogP contribution is 2.31. The predicted molar refractivity (Wildman–Crippen MR) is 63.8 cm³/mol. The molecule has 19 heavy (non-hydrogen) atoms. The number of ether oxygens (including phenoxy) is 2. The Morgan fingerprint density at radius 1 is 1.47 bits per heavy atom. The number of nitrogens with two attached hydrogens (primary N) is 1. The van der Waals surface area contributed by atoms with Gasteiger partial charge in [-0.3, -0.25) is 0 Å². The molecule has 0 spiro atoms. The van der Waals surface area contributed by atoms with Crippen LogP contribution in [-0.2, 0) is 4.74 Å². The molecule has 1 aromatic carbocycles. The lowest BCUT2D eigenvalue weighted by atomic mass is 10.1. The Kier molecular flexibility index (Phi) is 5.16. The standard InChI is InChI=1S/C11H12F2N2O4/c1-2-18-11(16)6-3-8(15-17)7(14)4-9(6)19-5-10(12)13/h3-4,10H,2,5,14H2,1H3. The summed E-state index contributed by atoms with van der Waals surface area (Å²) < 4.78 is 33.7. The molecular formula is C11H12F2N2O4. The van der Waals surface area contributed by atoms with Crippen molar-refractivity contribution in [1.82, 2.24) is 0 Å². The van der Waals surface area contributed by atoms with Crippen molar-refractivity contribution in [1.29, 1.82) is 0 Å². The number of alkyl halides is 2. The highest BCUT2D eigenvalue weighted by Gasteiger charge is 2.18. The molecule has 1 aromatic rings. The second-order valence-corrected chi connectivity index (χ2v) is 3.42. The number of carbonyl (C=O) groups is 1. The molecule has 0 aliphatic carbocycles. The first-order chi connectivity index (χ1) is 8.99. The third-order valence-corrected chi connectivity index (χ3v) is 2.09. The first kappa shape index (κ1) is 14.8. The van der Waals surface area contributed by atoms with Crippen LogP contribution in [-0.4, -0.2) is 25.6 Å². The molecule has 0 fully saturated rings. The molecule has 0 saturated carbocycles. The van der Waals surface area contributed by atoms with E-state index < -0.39 is 19.0 Å². The first-order valence-corrected chi connectivity index (χ1v) is 5.34. The predicted octanol–water partition coefficient (Wildman–Crippen LogP) is 2.49. The van der Waals surface area contributed by atoms with Gasteiger partial charge in [0, 0.05) is 6.07 Å². The molecule has 0 atom stereocenters. The molecule has 0 aliphatic heterocycles. The zero-order chi connectivity index (χ0) is 14.4. The van der Waals surface area contributed by atoms with Gasteiger partial charge in [0.15, 0.2) is 0 Å². The van der Waals surface area contributed by atoms with Crippen molar-refractivity contribution in [3.8, 4) is 5.75 Å². The second kappa shape index (κ2) is 6.62. The van der Waals surface area contributed by atoms with E-state index in [4.69, 9.17) is 15.2 Å². The van der Waals surface area contributed by atoms with Gasteiger partial charge in [-0.1, -0.05) is 0 Å². The Morgan fingerprint density at radius 3 is 2.68 bits per heavy atom. The zero-order valence-corrected chi connectivity index (χ0v) is 10.1. The Morgan fingerprint density at radius 2 is 2.16 bits per heavy atom. The van der Waals surface area contributed by atoms with Crippen LogP contribution in [0.4, 0.5) is 20.2 Å². The zero-order valence-electron chi connectivity index (χ0n) is 10.1. The molecule has 0 radical (unpaired) electrons. The van der Waals surface area contributed by atoms with Gasteiger partial charge in [0.05, 0.1) is 12.3 Å². The van der Waals surface area contributed by atoms with Gasteiger partial charge in [-0.2, -0.15) is 0 Å². The van der Waals surface area contributed by atoms with Gasteiger partial charge < -0.3 is 15.2 Å². The fraction of sp³-hybridized carbons (Fsp3) is 0.364. The minimum atomic E-state index is -2.71. The van der Waals surface area contributed by atoms with Crippen LogP contribution >= 0.6 is 0 Å². The Balaban J connectivity index is 3.14. The van der Waals surface area contributed by atoms with Gasteiger partial charge in [0.25, 0.3) is 6.43 Å². The number of anilines is 1. The van der Waals surface area contributed by atoms with Crippen LogP contribution in [0.2, 0.25) is 0 Å². The van der Waals surface area contributed by atoms with E-state index in [9.17, 15) is 18.5 Å². The lowest BCUT2D eigenvalue weighted by Gasteiger charge is -2.12. The fourth-order valence-corrected chi connectivity index (χ4v) is 1.30. The van der Waals surface area contributed by atoms with E-state index >= 15 is 0 Å². The van der Waals surface area contributed by atoms with E-state index in [1.54, 1.807) is 6.92 Å². The molecule has 0 aliphatic rings. The topological polar surface area (TPSA) is 91.0 Å². The second-order valence-electron chi connectivity index (χ2n) is 3.42. The van der Waals surface area contributed by atoms with E-state index in [0.717, 1.165) is 12.1 Å². The summed E-state index contributed by atoms with van der Waals surface area (Å²) in [5, 5.41) is 2.62. The van der Waals surface area contributed by atoms with Gasteiger partial charge in [-0.25, -0.2) is 13.6 Å². The number of hydrogen-bond donors (Lipinski definition) is 1. The molecule has 0 aromatic heterocycles. The number of nitrogen functional groups attached to an aromatic ring is 1. The minimum absolute atomic E-state index is 0.0766. The molecule has 6 nitrogen and oxygen atoms in total. The van der Waals surface area contributed by atoms with Gasteiger partial charge in [0.2, 0.25) is 0 Å². The first-order valence-electron chi connectivity index (χ1n) is 5.34. The maximum atomic E-state index is 12.1. The SMILES string of the molecule is CCOC(=O)c1cc(N=O)c(N)cc1OCC(F)F. The lowest BCUT2D eigenvalue weighted by molar-refractivity contribution is 0.0508. The summed E-state index contributed by atoms with van der Waals surface area (Å²) in [6, 6.07) is 2.13. The number of halogens is 2. The van der Waals surface area contributed by atoms with Gasteiger partial charge in [-0.15, -0.1) is 4.91 Å². The largest absolute Gasteiger partial charge is 0.487 e. The minimum Gasteiger partial charge on any atom is -0.487 e. The maximum Gasteiger partial charge on any atom is 0.341 e. The van der Waals surface area contributed by atoms with Crippen LogP contribution in [0.1, 0.15) is 17.3 Å². The summed E-state index contributed by atoms with van der Waals surface area (Å²) in [6.45, 7) is 0.759. The van der Waals surface area contributed by atoms with Crippen LogP contribution < -0.4 is 10.5 Å². The number of hydrogen-bond acceptors (Lipinski definition) is 6. The molecule has 1 rings (SSSR count). The summed E-state index contributed by atoms with van der Waals surface area (Å²) in [5.41, 5.74) is 5.03. The van der Waals surface area contributed by atoms with Crippen molar-refractivity contribution in [3.05, 3.63) is 22.6 Å². The summed E-state index contributed by atoms with van der Waals surface area (Å²) in [5.74, 6) is -0.986. The molecule has 0 saturated heterocycles. The van der Waals surface area contributed by atoms with Gasteiger partial charge in [-0.05, 0) is 18.2 Å². The van der Waals surface area contributed by atoms with Crippen molar-refractivity contribution in [3.63, 3.8) is 0 Å². The molecule has 0 heterocycles. The number of nitrogens with zero attached hydrogens (tertiary/aromatic N) is 1. The molecular weight excluding hydrogens is 262 g/mol. The van der Waals surface area contributed by atoms with Crippen molar-refractivity contribution in [2.75, 3.05) is 18.9 Å². The average Bonchev–Trinajstić information content (AvgIpc) is 2.36. The number of esters is 1. The molecule has 0 unspecified atom stereocenters. The molecule has 0 amide bonds. The van der Waals surface area contributed by atoms with E-state index in [1.165, 1.54) is 0 Å². The smallest absolute Gasteiger partial charge is 0.341 e. The maximum absolute atomic E-state index is 12.1. The average molecular weight is 274 g/mol. The summed E-state index contributed by atoms with van der Waals surface area (Å²) >= 11 is 0. The van der Waals surface area contributed by atoms with Crippen molar-refractivity contribution < 1.29 is 23.0 Å². The third-order valence-electron chi connectivity index (χ3n) is 2.09. The number of benzene rings is 1. The van der Waals surface area contributed by atoms with E-state index in [0.29, 0.717) is 0 Å². The van der Waals surface area contributed by atoms with Crippen molar-refractivity contribution in [2.45, 2.75) is 13.3 Å². The van der Waals surface area contributed by atoms with E-state index in [2.05, 4.69) is 5.18 Å². The van der Waals surface area contributed by atoms with E-state index in [1.807, 2.05) is 0 Å². The molecule has 104 valence electrons. The molecule has 8 heteroatoms. The monoisotopic (exact) mass is 274 g/mol. The number of carbonyl (C=O) groups excluding carboxylic acids is 1. The van der Waals surface area contributed by atoms with Gasteiger partial charge >= 0.3 is 5.97 Å². The normalized spacial score (nSPS) is 10.3. The number of nitroso groups, excluding NO2 is 1. The fourth-order valence-electron chi connectivity index (χ4n) is 1.30. The summed E-state index contributed by atoms with van der Waals surface area (Å²) in [7, 11) is 0. The molecule has 2 N–H and O–H groups in total. The van der Waals surface area contributed by atoms with Crippen LogP contribution in [0.25, 0.3) is 0 Å². The van der Waals surface area contributed by atoms with Crippen LogP contribution in [0.3, 0.4) is 0 Å². The summed E-state index contributed by atoms with van der Waals surface area (Å²) in [6.07, 6.45) is -2.71. The van der Waals surface area contributed by atoms with Crippen LogP contribution in [0.5, 0.6) is 5.75 Å². The third kappa shape index (κ3) is 3.87. The van der Waals surface area contributed by atoms with Crippen molar-refractivity contribution in [2.24, 2.45) is 5.18 Å². The van der Waals surface area contributed by atoms with E-state index in [-0.39, 0.29) is 29.3 Å². The Labute approximate surface area is 107 Å². The van der Waals surface area contributed by atoms with Crippen LogP contribution in [0, 0.1) is 4.91 Å². The highest BCUT2D eigenvalue weighted by molar-refractivity contribution is 5.95. The number of rotatable bonds is 6. The van der Waals surface area contributed by atoms with Crippen molar-refractivity contribution >= 4 is 17.3 Å². The summed E-state index contributed by atoms with van der Waals surface area (Å²) in [4.78, 5) is 22.1. The van der Waals surface area contributed by atoms with Crippen LogP contribution in [0.15, 0.2) is 17.3 Å². The Hall–Kier alpha value is -2.25. The van der Waals surface area contributed by atoms with Gasteiger partial charge in [0.1, 0.15) is 23.6 Å². The lowest BCUT2D eigenvalue weighted by Crippen LogP contribution is -2.12.